The van der Waals surface area contributed by atoms with Crippen LogP contribution >= 0.6 is 0 Å². The Morgan fingerprint density at radius 1 is 1.25 bits per heavy atom. The van der Waals surface area contributed by atoms with Gasteiger partial charge in [0.15, 0.2) is 0 Å². The molecule has 6 nitrogen and oxygen atoms in total. The summed E-state index contributed by atoms with van der Waals surface area (Å²) in [5.74, 6) is -0.242. The second kappa shape index (κ2) is 9.35. The molecule has 1 unspecified atom stereocenters. The highest BCUT2D eigenvalue weighted by Gasteiger charge is 2.43. The highest BCUT2D eigenvalue weighted by atomic mass is 16.5. The molecular formula is C22H27N3O3. The molecule has 1 atom stereocenters. The van der Waals surface area contributed by atoms with E-state index in [1.807, 2.05) is 49.4 Å². The average Bonchev–Trinajstić information content (AvgIpc) is 3.22. The van der Waals surface area contributed by atoms with E-state index in [0.29, 0.717) is 26.1 Å². The molecule has 2 heterocycles. The smallest absolute Gasteiger partial charge is 0.314 e. The number of piperidine rings is 1. The van der Waals surface area contributed by atoms with Crippen LogP contribution < -0.4 is 0 Å². The number of hydrogen-bond donors (Lipinski definition) is 0. The monoisotopic (exact) mass is 381 g/mol. The second-order valence-corrected chi connectivity index (χ2v) is 7.14. The zero-order valence-electron chi connectivity index (χ0n) is 16.3. The van der Waals surface area contributed by atoms with E-state index in [1.165, 1.54) is 0 Å². The molecule has 6 heteroatoms. The van der Waals surface area contributed by atoms with Gasteiger partial charge >= 0.3 is 5.97 Å². The lowest BCUT2D eigenvalue weighted by Gasteiger charge is -2.40. The molecule has 0 radical (unpaired) electrons. The van der Waals surface area contributed by atoms with Crippen LogP contribution in [0.2, 0.25) is 0 Å². The van der Waals surface area contributed by atoms with Gasteiger partial charge in [0, 0.05) is 25.5 Å². The van der Waals surface area contributed by atoms with Crippen molar-refractivity contribution in [3.05, 3.63) is 60.4 Å². The molecule has 3 rings (SSSR count). The fourth-order valence-electron chi connectivity index (χ4n) is 3.66. The van der Waals surface area contributed by atoms with Gasteiger partial charge in [0.2, 0.25) is 5.91 Å². The molecule has 1 saturated heterocycles. The van der Waals surface area contributed by atoms with Crippen molar-refractivity contribution in [2.45, 2.75) is 32.7 Å². The summed E-state index contributed by atoms with van der Waals surface area (Å²) in [4.78, 5) is 27.3. The topological polar surface area (TPSA) is 64.4 Å². The molecule has 0 aliphatic carbocycles. The molecule has 2 aromatic rings. The number of carbonyl (C=O) groups excluding carboxylic acids is 2. The third kappa shape index (κ3) is 4.88. The first kappa shape index (κ1) is 19.9. The van der Waals surface area contributed by atoms with E-state index in [-0.39, 0.29) is 18.4 Å². The van der Waals surface area contributed by atoms with Crippen molar-refractivity contribution < 1.29 is 14.3 Å². The van der Waals surface area contributed by atoms with Crippen LogP contribution in [0.15, 0.2) is 54.9 Å². The minimum absolute atomic E-state index is 0.0240. The molecule has 0 saturated carbocycles. The normalized spacial score (nSPS) is 19.7. The van der Waals surface area contributed by atoms with Gasteiger partial charge in [-0.25, -0.2) is 0 Å². The second-order valence-electron chi connectivity index (χ2n) is 7.14. The molecule has 0 bridgehead atoms. The van der Waals surface area contributed by atoms with Crippen LogP contribution in [0.25, 0.3) is 6.08 Å². The maximum Gasteiger partial charge on any atom is 0.314 e. The summed E-state index contributed by atoms with van der Waals surface area (Å²) in [7, 11) is 0. The first-order valence-corrected chi connectivity index (χ1v) is 9.77. The van der Waals surface area contributed by atoms with E-state index in [4.69, 9.17) is 4.74 Å². The fourth-order valence-corrected chi connectivity index (χ4v) is 3.66. The van der Waals surface area contributed by atoms with Crippen molar-refractivity contribution >= 4 is 18.0 Å². The molecule has 0 spiro atoms. The lowest BCUT2D eigenvalue weighted by atomic mass is 9.76. The third-order valence-corrected chi connectivity index (χ3v) is 5.11. The Bertz CT molecular complexity index is 802. The molecular weight excluding hydrogens is 354 g/mol. The number of aromatic nitrogens is 2. The summed E-state index contributed by atoms with van der Waals surface area (Å²) >= 11 is 0. The molecule has 1 amide bonds. The SMILES string of the molecule is CCOC(=O)C1(C/C=C/c2ccccc2)CCCN(C(=O)Cn2cccn2)C1. The maximum atomic E-state index is 12.8. The van der Waals surface area contributed by atoms with Crippen LogP contribution in [0.5, 0.6) is 0 Å². The van der Waals surface area contributed by atoms with Crippen LogP contribution in [-0.4, -0.2) is 46.3 Å². The highest BCUT2D eigenvalue weighted by Crippen LogP contribution is 2.36. The zero-order valence-corrected chi connectivity index (χ0v) is 16.3. The van der Waals surface area contributed by atoms with Gasteiger partial charge < -0.3 is 9.64 Å². The van der Waals surface area contributed by atoms with Crippen molar-refractivity contribution in [2.24, 2.45) is 5.41 Å². The Balaban J connectivity index is 1.73. The Morgan fingerprint density at radius 3 is 2.79 bits per heavy atom. The lowest BCUT2D eigenvalue weighted by molar-refractivity contribution is -0.160. The molecule has 1 aliphatic heterocycles. The van der Waals surface area contributed by atoms with E-state index < -0.39 is 5.41 Å². The molecule has 1 aromatic carbocycles. The first-order chi connectivity index (χ1) is 13.6. The van der Waals surface area contributed by atoms with Crippen LogP contribution in [-0.2, 0) is 20.9 Å². The predicted molar refractivity (Wildman–Crippen MR) is 107 cm³/mol. The Morgan fingerprint density at radius 2 is 2.07 bits per heavy atom. The van der Waals surface area contributed by atoms with E-state index in [2.05, 4.69) is 5.10 Å². The van der Waals surface area contributed by atoms with E-state index in [0.717, 1.165) is 18.4 Å². The minimum Gasteiger partial charge on any atom is -0.466 e. The van der Waals surface area contributed by atoms with Gasteiger partial charge in [0.05, 0.1) is 12.0 Å². The number of amides is 1. The third-order valence-electron chi connectivity index (χ3n) is 5.11. The molecule has 1 fully saturated rings. The van der Waals surface area contributed by atoms with Crippen LogP contribution in [0.1, 0.15) is 31.7 Å². The Kier molecular flexibility index (Phi) is 6.63. The molecule has 1 aliphatic rings. The summed E-state index contributed by atoms with van der Waals surface area (Å²) in [5, 5.41) is 4.10. The van der Waals surface area contributed by atoms with Crippen LogP contribution in [0, 0.1) is 5.41 Å². The van der Waals surface area contributed by atoms with E-state index in [1.54, 1.807) is 28.0 Å². The number of esters is 1. The summed E-state index contributed by atoms with van der Waals surface area (Å²) in [6, 6.07) is 11.8. The zero-order chi connectivity index (χ0) is 19.8. The summed E-state index contributed by atoms with van der Waals surface area (Å²) in [6.07, 6.45) is 9.51. The number of carbonyl (C=O) groups is 2. The van der Waals surface area contributed by atoms with Crippen molar-refractivity contribution in [1.82, 2.24) is 14.7 Å². The predicted octanol–water partition coefficient (Wildman–Crippen LogP) is 3.16. The molecule has 1 aromatic heterocycles. The highest BCUT2D eigenvalue weighted by molar-refractivity contribution is 5.81. The fraction of sp³-hybridized carbons (Fsp3) is 0.409. The number of allylic oxidation sites excluding steroid dienone is 1. The van der Waals surface area contributed by atoms with Gasteiger partial charge in [-0.2, -0.15) is 5.10 Å². The summed E-state index contributed by atoms with van der Waals surface area (Å²) in [6.45, 7) is 3.37. The van der Waals surface area contributed by atoms with E-state index in [9.17, 15) is 9.59 Å². The maximum absolute atomic E-state index is 12.8. The van der Waals surface area contributed by atoms with Gasteiger partial charge in [-0.1, -0.05) is 42.5 Å². The van der Waals surface area contributed by atoms with E-state index >= 15 is 0 Å². The minimum atomic E-state index is -0.695. The number of rotatable bonds is 7. The molecule has 0 N–H and O–H groups in total. The Labute approximate surface area is 165 Å². The first-order valence-electron chi connectivity index (χ1n) is 9.77. The summed E-state index contributed by atoms with van der Waals surface area (Å²) in [5.41, 5.74) is 0.392. The van der Waals surface area contributed by atoms with Crippen LogP contribution in [0.3, 0.4) is 0 Å². The number of likely N-dealkylation sites (tertiary alicyclic amines) is 1. The van der Waals surface area contributed by atoms with Crippen LogP contribution in [0.4, 0.5) is 0 Å². The molecule has 28 heavy (non-hydrogen) atoms. The Hall–Kier alpha value is -2.89. The van der Waals surface area contributed by atoms with Gasteiger partial charge in [0.25, 0.3) is 0 Å². The number of ether oxygens (including phenoxy) is 1. The van der Waals surface area contributed by atoms with Gasteiger partial charge in [-0.05, 0) is 37.8 Å². The van der Waals surface area contributed by atoms with Gasteiger partial charge in [-0.3, -0.25) is 14.3 Å². The number of hydrogen-bond acceptors (Lipinski definition) is 4. The number of nitrogens with zero attached hydrogens (tertiary/aromatic N) is 3. The van der Waals surface area contributed by atoms with Gasteiger partial charge in [0.1, 0.15) is 6.54 Å². The molecule has 148 valence electrons. The quantitative estimate of drug-likeness (QED) is 0.691. The van der Waals surface area contributed by atoms with Crippen molar-refractivity contribution in [1.29, 1.82) is 0 Å². The van der Waals surface area contributed by atoms with Gasteiger partial charge in [-0.15, -0.1) is 0 Å². The number of benzene rings is 1. The lowest BCUT2D eigenvalue weighted by Crippen LogP contribution is -2.51. The standard InChI is InChI=1S/C22H27N3O3/c1-2-28-21(27)22(12-6-11-19-9-4-3-5-10-19)13-7-15-24(18-22)20(26)17-25-16-8-14-23-25/h3-6,8-11,14,16H,2,7,12-13,15,17-18H2,1H3/b11-6+. The summed E-state index contributed by atoms with van der Waals surface area (Å²) < 4.78 is 7.00. The van der Waals surface area contributed by atoms with Crippen molar-refractivity contribution in [2.75, 3.05) is 19.7 Å². The van der Waals surface area contributed by atoms with Crippen molar-refractivity contribution in [3.63, 3.8) is 0 Å². The average molecular weight is 381 g/mol. The largest absolute Gasteiger partial charge is 0.466 e. The van der Waals surface area contributed by atoms with Crippen molar-refractivity contribution in [3.8, 4) is 0 Å².